The Morgan fingerprint density at radius 2 is 2.20 bits per heavy atom. The lowest BCUT2D eigenvalue weighted by molar-refractivity contribution is -0.134. The normalized spacial score (nSPS) is 11.2. The lowest BCUT2D eigenvalue weighted by Gasteiger charge is -1.98. The molecule has 0 amide bonds. The van der Waals surface area contributed by atoms with Crippen molar-refractivity contribution in [1.82, 2.24) is 10.2 Å². The fourth-order valence-electron chi connectivity index (χ4n) is 1.49. The number of benzene rings is 1. The molecule has 104 valence electrons. The lowest BCUT2D eigenvalue weighted by Crippen LogP contribution is -2.13. The first kappa shape index (κ1) is 14.1. The molecular weight excluding hydrogens is 280 g/mol. The Bertz CT molecular complexity index is 610. The van der Waals surface area contributed by atoms with Crippen LogP contribution in [0.4, 0.5) is 5.82 Å². The predicted molar refractivity (Wildman–Crippen MR) is 77.6 cm³/mol. The number of aromatic amines is 1. The van der Waals surface area contributed by atoms with Crippen LogP contribution in [0.3, 0.4) is 0 Å². The van der Waals surface area contributed by atoms with Crippen LogP contribution in [0.2, 0.25) is 0 Å². The van der Waals surface area contributed by atoms with Gasteiger partial charge in [-0.15, -0.1) is 0 Å². The monoisotopic (exact) mass is 292 g/mol. The third-order valence-corrected chi connectivity index (χ3v) is 2.61. The summed E-state index contributed by atoms with van der Waals surface area (Å²) >= 11 is 5.66. The average molecular weight is 293 g/mol. The summed E-state index contributed by atoms with van der Waals surface area (Å²) in [6, 6.07) is 11.5. The van der Waals surface area contributed by atoms with Gasteiger partial charge in [0.15, 0.2) is 5.82 Å². The Labute approximate surface area is 120 Å². The molecule has 1 heterocycles. The molecule has 0 bridgehead atoms. The summed E-state index contributed by atoms with van der Waals surface area (Å²) in [5.41, 5.74) is 4.41. The van der Waals surface area contributed by atoms with Crippen LogP contribution in [0.5, 0.6) is 0 Å². The maximum absolute atomic E-state index is 11.2. The van der Waals surface area contributed by atoms with Gasteiger partial charge in [0.1, 0.15) is 0 Å². The summed E-state index contributed by atoms with van der Waals surface area (Å²) in [5.74, 6) is -0.230. The van der Waals surface area contributed by atoms with Crippen molar-refractivity contribution in [2.45, 2.75) is 6.92 Å². The van der Waals surface area contributed by atoms with Crippen LogP contribution in [0.15, 0.2) is 41.5 Å². The fourth-order valence-corrected chi connectivity index (χ4v) is 1.58. The molecule has 1 aromatic carbocycles. The van der Waals surface area contributed by atoms with Crippen LogP contribution in [0.1, 0.15) is 6.92 Å². The molecule has 2 aromatic rings. The molecule has 0 atom stereocenters. The van der Waals surface area contributed by atoms with E-state index in [-0.39, 0.29) is 11.8 Å². The summed E-state index contributed by atoms with van der Waals surface area (Å²) in [7, 11) is 0. The van der Waals surface area contributed by atoms with Gasteiger partial charge in [-0.05, 0) is 12.5 Å². The number of hydrazone groups is 1. The van der Waals surface area contributed by atoms with Gasteiger partial charge in [0.25, 0.3) is 0 Å². The maximum atomic E-state index is 11.2. The number of carbonyl (C=O) groups excluding carboxylic acids is 1. The Kier molecular flexibility index (Phi) is 4.73. The highest BCUT2D eigenvalue weighted by Gasteiger charge is 2.09. The molecule has 0 aliphatic heterocycles. The van der Waals surface area contributed by atoms with E-state index in [0.29, 0.717) is 5.82 Å². The zero-order valence-corrected chi connectivity index (χ0v) is 11.5. The van der Waals surface area contributed by atoms with Crippen LogP contribution in [0, 0.1) is 0 Å². The van der Waals surface area contributed by atoms with E-state index in [9.17, 15) is 4.79 Å². The molecule has 0 saturated heterocycles. The van der Waals surface area contributed by atoms with E-state index in [0.717, 1.165) is 11.3 Å². The van der Waals surface area contributed by atoms with Gasteiger partial charge < -0.3 is 4.74 Å². The fraction of sp³-hybridized carbons (Fsp3) is 0.154. The molecule has 0 fully saturated rings. The number of hydrogen-bond donors (Lipinski definition) is 2. The molecule has 0 spiro atoms. The van der Waals surface area contributed by atoms with E-state index >= 15 is 0 Å². The number of anilines is 1. The lowest BCUT2D eigenvalue weighted by atomic mass is 10.2. The highest BCUT2D eigenvalue weighted by atomic mass is 35.5. The van der Waals surface area contributed by atoms with Gasteiger partial charge in [-0.3, -0.25) is 10.5 Å². The van der Waals surface area contributed by atoms with Crippen molar-refractivity contribution in [2.24, 2.45) is 5.10 Å². The number of H-pyrrole nitrogens is 1. The van der Waals surface area contributed by atoms with Crippen molar-refractivity contribution < 1.29 is 9.53 Å². The third kappa shape index (κ3) is 3.58. The van der Waals surface area contributed by atoms with E-state index < -0.39 is 5.97 Å². The number of hydrogen-bond acceptors (Lipinski definition) is 5. The summed E-state index contributed by atoms with van der Waals surface area (Å²) in [4.78, 5) is 11.2. The van der Waals surface area contributed by atoms with E-state index in [1.165, 1.54) is 0 Å². The Balaban J connectivity index is 2.04. The molecule has 20 heavy (non-hydrogen) atoms. The van der Waals surface area contributed by atoms with Crippen molar-refractivity contribution in [3.8, 4) is 11.3 Å². The van der Waals surface area contributed by atoms with Gasteiger partial charge >= 0.3 is 5.97 Å². The third-order valence-electron chi connectivity index (χ3n) is 2.38. The second kappa shape index (κ2) is 6.72. The van der Waals surface area contributed by atoms with Crippen molar-refractivity contribution in [1.29, 1.82) is 0 Å². The van der Waals surface area contributed by atoms with E-state index in [2.05, 4.69) is 20.7 Å². The minimum Gasteiger partial charge on any atom is -0.461 e. The topological polar surface area (TPSA) is 79.4 Å². The molecule has 7 heteroatoms. The van der Waals surface area contributed by atoms with Crippen molar-refractivity contribution >= 4 is 28.6 Å². The quantitative estimate of drug-likeness (QED) is 0.504. The number of carbonyl (C=O) groups is 1. The summed E-state index contributed by atoms with van der Waals surface area (Å²) in [6.07, 6.45) is 0. The average Bonchev–Trinajstić information content (AvgIpc) is 2.95. The van der Waals surface area contributed by atoms with Gasteiger partial charge in [0.2, 0.25) is 5.17 Å². The number of aromatic nitrogens is 2. The molecule has 2 N–H and O–H groups in total. The Morgan fingerprint density at radius 1 is 1.45 bits per heavy atom. The van der Waals surface area contributed by atoms with Gasteiger partial charge in [0.05, 0.1) is 12.3 Å². The number of nitrogens with zero attached hydrogens (tertiary/aromatic N) is 2. The maximum Gasteiger partial charge on any atom is 0.370 e. The Hall–Kier alpha value is -2.34. The first-order valence-electron chi connectivity index (χ1n) is 5.98. The zero-order valence-electron chi connectivity index (χ0n) is 10.8. The van der Waals surface area contributed by atoms with Gasteiger partial charge in [0, 0.05) is 6.07 Å². The van der Waals surface area contributed by atoms with Crippen LogP contribution in [-0.4, -0.2) is 27.9 Å². The number of halogens is 1. The van der Waals surface area contributed by atoms with Crippen LogP contribution >= 0.6 is 11.6 Å². The Morgan fingerprint density at radius 3 is 2.90 bits per heavy atom. The predicted octanol–water partition coefficient (Wildman–Crippen LogP) is 2.60. The molecule has 1 aromatic heterocycles. The second-order valence-electron chi connectivity index (χ2n) is 3.77. The van der Waals surface area contributed by atoms with E-state index in [4.69, 9.17) is 16.3 Å². The number of esters is 1. The zero-order chi connectivity index (χ0) is 14.4. The van der Waals surface area contributed by atoms with Crippen LogP contribution < -0.4 is 5.43 Å². The molecular formula is C13H13ClN4O2. The highest BCUT2D eigenvalue weighted by Crippen LogP contribution is 2.18. The molecule has 6 nitrogen and oxygen atoms in total. The van der Waals surface area contributed by atoms with E-state index in [1.54, 1.807) is 13.0 Å². The molecule has 0 aliphatic carbocycles. The SMILES string of the molecule is CCOC(=O)C(Cl)=NNc1cc(-c2ccccc2)[nH]n1. The van der Waals surface area contributed by atoms with Crippen LogP contribution in [0.25, 0.3) is 11.3 Å². The van der Waals surface area contributed by atoms with Crippen LogP contribution in [-0.2, 0) is 9.53 Å². The highest BCUT2D eigenvalue weighted by molar-refractivity contribution is 6.82. The van der Waals surface area contributed by atoms with Crippen molar-refractivity contribution in [3.05, 3.63) is 36.4 Å². The van der Waals surface area contributed by atoms with E-state index in [1.807, 2.05) is 30.3 Å². The first-order chi connectivity index (χ1) is 9.70. The molecule has 0 radical (unpaired) electrons. The molecule has 0 saturated carbocycles. The van der Waals surface area contributed by atoms with Crippen molar-refractivity contribution in [2.75, 3.05) is 12.0 Å². The summed E-state index contributed by atoms with van der Waals surface area (Å²) in [5, 5.41) is 10.3. The number of rotatable bonds is 5. The van der Waals surface area contributed by atoms with Crippen molar-refractivity contribution in [3.63, 3.8) is 0 Å². The minimum atomic E-state index is -0.680. The number of nitrogens with one attached hydrogen (secondary N) is 2. The first-order valence-corrected chi connectivity index (χ1v) is 6.35. The molecule has 0 unspecified atom stereocenters. The number of ether oxygens (including phenoxy) is 1. The minimum absolute atomic E-state index is 0.241. The van der Waals surface area contributed by atoms with Gasteiger partial charge in [-0.1, -0.05) is 41.9 Å². The van der Waals surface area contributed by atoms with Gasteiger partial charge in [-0.2, -0.15) is 10.2 Å². The molecule has 2 rings (SSSR count). The second-order valence-corrected chi connectivity index (χ2v) is 4.13. The van der Waals surface area contributed by atoms with Gasteiger partial charge in [-0.25, -0.2) is 4.79 Å². The summed E-state index contributed by atoms with van der Waals surface area (Å²) < 4.78 is 4.70. The standard InChI is InChI=1S/C13H13ClN4O2/c1-2-20-13(19)12(14)18-17-11-8-10(15-16-11)9-6-4-3-5-7-9/h3-8H,2H2,1H3,(H2,15,16,17). The smallest absolute Gasteiger partial charge is 0.370 e. The summed E-state index contributed by atoms with van der Waals surface area (Å²) in [6.45, 7) is 1.93. The molecule has 0 aliphatic rings. The largest absolute Gasteiger partial charge is 0.461 e.